The largest absolute Gasteiger partial charge is 0.492 e. The van der Waals surface area contributed by atoms with Gasteiger partial charge in [-0.15, -0.1) is 0 Å². The lowest BCUT2D eigenvalue weighted by Crippen LogP contribution is -2.27. The van der Waals surface area contributed by atoms with Crippen LogP contribution in [0.4, 0.5) is 0 Å². The van der Waals surface area contributed by atoms with Crippen LogP contribution >= 0.6 is 0 Å². The number of ether oxygens (including phenoxy) is 4. The fraction of sp³-hybridized carbons (Fsp3) is 0.344. The molecule has 198 valence electrons. The van der Waals surface area contributed by atoms with E-state index in [0.717, 1.165) is 65.3 Å². The predicted molar refractivity (Wildman–Crippen MR) is 149 cm³/mol. The summed E-state index contributed by atoms with van der Waals surface area (Å²) in [5, 5.41) is 3.37. The third-order valence-electron chi connectivity index (χ3n) is 6.71. The minimum atomic E-state index is -0.137. The van der Waals surface area contributed by atoms with Crippen molar-refractivity contribution in [1.29, 1.82) is 0 Å². The van der Waals surface area contributed by atoms with Crippen LogP contribution in [0.3, 0.4) is 0 Å². The maximum Gasteiger partial charge on any atom is 0.314 e. The molecule has 1 heterocycles. The van der Waals surface area contributed by atoms with Crippen molar-refractivity contribution in [3.63, 3.8) is 0 Å². The fourth-order valence-electron chi connectivity index (χ4n) is 4.57. The molecule has 6 heteroatoms. The average Bonchev–Trinajstić information content (AvgIpc) is 3.68. The van der Waals surface area contributed by atoms with Crippen molar-refractivity contribution in [2.24, 2.45) is 5.92 Å². The summed E-state index contributed by atoms with van der Waals surface area (Å²) < 4.78 is 22.7. The molecule has 1 aliphatic carbocycles. The van der Waals surface area contributed by atoms with E-state index in [1.54, 1.807) is 0 Å². The van der Waals surface area contributed by atoms with Crippen LogP contribution in [0.15, 0.2) is 66.7 Å². The monoisotopic (exact) mass is 513 g/mol. The van der Waals surface area contributed by atoms with Crippen molar-refractivity contribution in [3.8, 4) is 23.0 Å². The Morgan fingerprint density at radius 2 is 1.53 bits per heavy atom. The van der Waals surface area contributed by atoms with Crippen LogP contribution in [-0.4, -0.2) is 32.0 Å². The highest BCUT2D eigenvalue weighted by atomic mass is 16.7. The Morgan fingerprint density at radius 1 is 0.895 bits per heavy atom. The van der Waals surface area contributed by atoms with E-state index in [4.69, 9.17) is 18.9 Å². The molecular weight excluding hydrogens is 478 g/mol. The van der Waals surface area contributed by atoms with E-state index in [0.29, 0.717) is 18.4 Å². The molecular formula is C32H35NO5. The molecule has 1 N–H and O–H groups in total. The molecule has 2 aliphatic rings. The van der Waals surface area contributed by atoms with Gasteiger partial charge in [-0.1, -0.05) is 51.1 Å². The maximum atomic E-state index is 12.1. The van der Waals surface area contributed by atoms with Gasteiger partial charge in [-0.25, -0.2) is 0 Å². The third kappa shape index (κ3) is 6.20. The Labute approximate surface area is 224 Å². The minimum absolute atomic E-state index is 0.0599. The Kier molecular flexibility index (Phi) is 7.99. The summed E-state index contributed by atoms with van der Waals surface area (Å²) in [6, 6.07) is 22.6. The van der Waals surface area contributed by atoms with Crippen molar-refractivity contribution in [1.82, 2.24) is 5.32 Å². The molecule has 0 saturated heterocycles. The summed E-state index contributed by atoms with van der Waals surface area (Å²) in [6.45, 7) is 8.05. The van der Waals surface area contributed by atoms with Crippen LogP contribution in [0.25, 0.3) is 11.1 Å². The van der Waals surface area contributed by atoms with Gasteiger partial charge < -0.3 is 24.3 Å². The highest BCUT2D eigenvalue weighted by Crippen LogP contribution is 2.40. The average molecular weight is 514 g/mol. The number of hydrogen-bond donors (Lipinski definition) is 1. The molecule has 3 aromatic rings. The zero-order valence-electron chi connectivity index (χ0n) is 22.3. The summed E-state index contributed by atoms with van der Waals surface area (Å²) in [4.78, 5) is 12.1. The van der Waals surface area contributed by atoms with Gasteiger partial charge in [0.05, 0.1) is 5.92 Å². The van der Waals surface area contributed by atoms with Crippen molar-refractivity contribution >= 4 is 17.1 Å². The van der Waals surface area contributed by atoms with Crippen LogP contribution in [0.1, 0.15) is 56.7 Å². The van der Waals surface area contributed by atoms with E-state index < -0.39 is 0 Å². The van der Waals surface area contributed by atoms with Crippen molar-refractivity contribution in [3.05, 3.63) is 83.4 Å². The second-order valence-electron chi connectivity index (χ2n) is 9.98. The quantitative estimate of drug-likeness (QED) is 0.137. The third-order valence-corrected chi connectivity index (χ3v) is 6.71. The van der Waals surface area contributed by atoms with Crippen molar-refractivity contribution in [2.75, 3.05) is 19.9 Å². The Morgan fingerprint density at radius 3 is 2.16 bits per heavy atom. The Bertz CT molecular complexity index is 1290. The van der Waals surface area contributed by atoms with Crippen LogP contribution < -0.4 is 24.3 Å². The number of carbonyl (C=O) groups excluding carboxylic acids is 1. The van der Waals surface area contributed by atoms with Gasteiger partial charge in [0, 0.05) is 12.6 Å². The summed E-state index contributed by atoms with van der Waals surface area (Å²) in [5.74, 6) is 2.86. The number of rotatable bonds is 11. The molecule has 38 heavy (non-hydrogen) atoms. The molecule has 0 aromatic heterocycles. The number of fused-ring (bicyclic) bond motifs is 1. The first-order chi connectivity index (χ1) is 18.5. The summed E-state index contributed by atoms with van der Waals surface area (Å²) in [6.07, 6.45) is 2.66. The molecule has 1 saturated carbocycles. The fourth-order valence-corrected chi connectivity index (χ4v) is 4.57. The van der Waals surface area contributed by atoms with Gasteiger partial charge in [0.2, 0.25) is 6.79 Å². The first-order valence-electron chi connectivity index (χ1n) is 13.4. The molecule has 1 aliphatic heterocycles. The highest BCUT2D eigenvalue weighted by Gasteiger charge is 2.31. The lowest BCUT2D eigenvalue weighted by atomic mass is 9.88. The normalized spacial score (nSPS) is 14.8. The predicted octanol–water partition coefficient (Wildman–Crippen LogP) is 6.48. The van der Waals surface area contributed by atoms with E-state index in [1.165, 1.54) is 5.57 Å². The van der Waals surface area contributed by atoms with Crippen LogP contribution in [0.5, 0.6) is 23.0 Å². The molecule has 0 radical (unpaired) electrons. The number of benzene rings is 3. The van der Waals surface area contributed by atoms with Gasteiger partial charge in [0.15, 0.2) is 11.5 Å². The molecule has 6 nitrogen and oxygen atoms in total. The highest BCUT2D eigenvalue weighted by molar-refractivity contribution is 5.99. The van der Waals surface area contributed by atoms with E-state index in [-0.39, 0.29) is 18.7 Å². The smallest absolute Gasteiger partial charge is 0.314 e. The SMILES string of the molecule is CC/C(=C(/c1ccc(OCCNC(C)C)cc1)c1ccc(OC(=O)C2CC2)cc1)c1ccc2c(c1)OCO2. The van der Waals surface area contributed by atoms with E-state index in [9.17, 15) is 4.79 Å². The molecule has 0 unspecified atom stereocenters. The van der Waals surface area contributed by atoms with Crippen molar-refractivity contribution in [2.45, 2.75) is 46.1 Å². The summed E-state index contributed by atoms with van der Waals surface area (Å²) in [7, 11) is 0. The standard InChI is InChI=1S/C32H35NO5/c1-4-28(25-11-16-29-30(19-25)37-20-36-29)31(22-7-12-26(13-8-22)35-18-17-33-21(2)3)23-9-14-27(15-10-23)38-32(34)24-5-6-24/h7-16,19,21,24,33H,4-6,17-18,20H2,1-3H3/b31-28+. The minimum Gasteiger partial charge on any atom is -0.492 e. The second-order valence-corrected chi connectivity index (χ2v) is 9.98. The van der Waals surface area contributed by atoms with Crippen LogP contribution in [0, 0.1) is 5.92 Å². The molecule has 0 spiro atoms. The van der Waals surface area contributed by atoms with Crippen molar-refractivity contribution < 1.29 is 23.7 Å². The van der Waals surface area contributed by atoms with Gasteiger partial charge in [-0.3, -0.25) is 4.79 Å². The summed E-state index contributed by atoms with van der Waals surface area (Å²) >= 11 is 0. The van der Waals surface area contributed by atoms with Gasteiger partial charge in [0.25, 0.3) is 0 Å². The van der Waals surface area contributed by atoms with E-state index >= 15 is 0 Å². The van der Waals surface area contributed by atoms with Gasteiger partial charge in [0.1, 0.15) is 18.1 Å². The van der Waals surface area contributed by atoms with Crippen LogP contribution in [0.2, 0.25) is 0 Å². The molecule has 0 bridgehead atoms. The number of esters is 1. The molecule has 1 fully saturated rings. The molecule has 0 amide bonds. The molecule has 0 atom stereocenters. The second kappa shape index (κ2) is 11.7. The number of allylic oxidation sites excluding steroid dienone is 1. The molecule has 5 rings (SSSR count). The number of hydrogen-bond acceptors (Lipinski definition) is 6. The van der Waals surface area contributed by atoms with Gasteiger partial charge in [-0.05, 0) is 83.5 Å². The lowest BCUT2D eigenvalue weighted by Gasteiger charge is -2.18. The Balaban J connectivity index is 1.47. The van der Waals surface area contributed by atoms with E-state index in [2.05, 4.69) is 44.3 Å². The number of carbonyl (C=O) groups is 1. The number of nitrogens with one attached hydrogen (secondary N) is 1. The first-order valence-corrected chi connectivity index (χ1v) is 13.4. The van der Waals surface area contributed by atoms with Gasteiger partial charge in [-0.2, -0.15) is 0 Å². The topological polar surface area (TPSA) is 66.0 Å². The first kappa shape index (κ1) is 25.9. The zero-order chi connectivity index (χ0) is 26.5. The zero-order valence-corrected chi connectivity index (χ0v) is 22.3. The maximum absolute atomic E-state index is 12.1. The molecule has 3 aromatic carbocycles. The Hall–Kier alpha value is -3.77. The van der Waals surface area contributed by atoms with Crippen LogP contribution in [-0.2, 0) is 4.79 Å². The van der Waals surface area contributed by atoms with Gasteiger partial charge >= 0.3 is 5.97 Å². The lowest BCUT2D eigenvalue weighted by molar-refractivity contribution is -0.135. The summed E-state index contributed by atoms with van der Waals surface area (Å²) in [5.41, 5.74) is 5.49. The van der Waals surface area contributed by atoms with E-state index in [1.807, 2.05) is 48.5 Å².